The van der Waals surface area contributed by atoms with Gasteiger partial charge in [0.25, 0.3) is 0 Å². The maximum atomic E-state index is 11.9. The summed E-state index contributed by atoms with van der Waals surface area (Å²) in [5.74, 6) is 0. The molecular weight excluding hydrogens is 778 g/mol. The van der Waals surface area contributed by atoms with Gasteiger partial charge in [0.2, 0.25) is 16.6 Å². The van der Waals surface area contributed by atoms with Gasteiger partial charge >= 0.3 is 112 Å². The monoisotopic (exact) mass is 800 g/mol. The Morgan fingerprint density at radius 1 is 0.381 bits per heavy atom. The molecule has 1 atom stereocenters. The van der Waals surface area contributed by atoms with E-state index < -0.39 is 106 Å². The number of hydrogen-bond donors (Lipinski definition) is 14. The second-order valence-electron chi connectivity index (χ2n) is 7.52. The minimum Gasteiger partial charge on any atom is -0.809 e. The van der Waals surface area contributed by atoms with Gasteiger partial charge in [0, 0.05) is 13.1 Å². The fourth-order valence-corrected chi connectivity index (χ4v) is 15.3. The number of nitrogens with zero attached hydrogens (tertiary/aromatic N) is 2. The van der Waals surface area contributed by atoms with Gasteiger partial charge in [-0.25, -0.2) is 0 Å². The molecule has 42 heavy (non-hydrogen) atoms. The second-order valence-corrected chi connectivity index (χ2v) is 22.4. The summed E-state index contributed by atoms with van der Waals surface area (Å²) >= 11 is 0. The summed E-state index contributed by atoms with van der Waals surface area (Å²) in [6.07, 6.45) is 0. The average molecular weight is 800 g/mol. The van der Waals surface area contributed by atoms with Gasteiger partial charge in [0.15, 0.2) is 0 Å². The Morgan fingerprint density at radius 3 is 0.643 bits per heavy atom. The fraction of sp³-hybridized carbons (Fsp3) is 1.00. The molecule has 0 aromatic rings. The molecule has 0 aliphatic carbocycles. The zero-order chi connectivity index (χ0) is 32.9. The number of hydrogen-bond acceptors (Lipinski definition) is 12. The van der Waals surface area contributed by atoms with Crippen molar-refractivity contribution < 1.29 is 174 Å². The van der Waals surface area contributed by atoms with Crippen molar-refractivity contribution in [3.8, 4) is 0 Å². The zero-order valence-corrected chi connectivity index (χ0v) is 31.7. The third kappa shape index (κ3) is 14.7. The van der Waals surface area contributed by atoms with Crippen LogP contribution in [-0.4, -0.2) is 113 Å². The molecule has 0 aliphatic rings. The van der Waals surface area contributed by atoms with Crippen molar-refractivity contribution >= 4 is 60.8 Å². The van der Waals surface area contributed by atoms with Crippen molar-refractivity contribution in [3.63, 3.8) is 0 Å². The summed E-state index contributed by atoms with van der Waals surface area (Å²) < 4.78 is 94.5. The minimum absolute atomic E-state index is 0. The van der Waals surface area contributed by atoms with Gasteiger partial charge in [-0.2, -0.15) is 0 Å². The molecule has 0 heterocycles. The Kier molecular flexibility index (Phi) is 19.1. The molecule has 242 valence electrons. The SMILES string of the molecule is O=P([O-])([O-])C(N(CCN(C(P(=O)(O)O)P(=O)(O)O)C(P(=O)(O)O)P(=O)(O)O)C(P(=O)(O)O)P(=O)(O)O)P(=O)(O)O.[Na+].[Na+]. The largest absolute Gasteiger partial charge is 1.00 e. The molecule has 14 N–H and O–H groups in total. The van der Waals surface area contributed by atoms with E-state index in [0.29, 0.717) is 0 Å². The van der Waals surface area contributed by atoms with Crippen LogP contribution in [0.15, 0.2) is 0 Å². The molecule has 0 saturated carbocycles. The van der Waals surface area contributed by atoms with Crippen LogP contribution in [0.4, 0.5) is 0 Å². The summed E-state index contributed by atoms with van der Waals surface area (Å²) in [4.78, 5) is 152. The summed E-state index contributed by atoms with van der Waals surface area (Å²) in [6.45, 7) is -4.67. The van der Waals surface area contributed by atoms with Crippen molar-refractivity contribution in [2.45, 2.75) is 22.1 Å². The maximum absolute atomic E-state index is 11.9. The van der Waals surface area contributed by atoms with Crippen LogP contribution in [0.25, 0.3) is 0 Å². The van der Waals surface area contributed by atoms with Crippen LogP contribution in [0.1, 0.15) is 0 Å². The van der Waals surface area contributed by atoms with E-state index >= 15 is 0 Å². The third-order valence-electron chi connectivity index (χ3n) is 4.19. The molecule has 0 radical (unpaired) electrons. The average Bonchev–Trinajstić information content (AvgIpc) is 2.48. The molecule has 1 unspecified atom stereocenters. The zero-order valence-electron chi connectivity index (χ0n) is 20.5. The van der Waals surface area contributed by atoms with Crippen LogP contribution in [0.2, 0.25) is 0 Å². The van der Waals surface area contributed by atoms with Gasteiger partial charge in [0.1, 0.15) is 5.52 Å². The Balaban J connectivity index is -0.00000760. The van der Waals surface area contributed by atoms with Gasteiger partial charge in [-0.3, -0.25) is 41.8 Å². The van der Waals surface area contributed by atoms with E-state index in [1.807, 2.05) is 0 Å². The minimum atomic E-state index is -7.04. The van der Waals surface area contributed by atoms with E-state index in [0.717, 1.165) is 0 Å². The van der Waals surface area contributed by atoms with Crippen LogP contribution >= 0.6 is 60.8 Å². The van der Waals surface area contributed by atoms with Gasteiger partial charge in [-0.05, 0) is 7.60 Å². The van der Waals surface area contributed by atoms with Crippen LogP contribution in [0.3, 0.4) is 0 Å². The normalized spacial score (nSPS) is 15.7. The molecule has 0 fully saturated rings. The standard InChI is InChI=1S/C6H24N2O24P8.2Na/c9-33(10,11)3(34(12,13)14)7(4(35(15,16)17)36(18,19)20)1-2-8(5(37(21,22)23)38(24,25)26)6(39(27,28)29)40(30,31)32;;/h3-6H,1-2H2,(H2,9,10,11)(H2,12,13,14)(H2,15,16,17)(H2,18,19,20)(H2,21,22,23)(H2,24,25,26)(H2,27,28,29)(H2,30,31,32);;/q;2*+1/p-2. The molecule has 0 spiro atoms. The molecule has 0 bridgehead atoms. The van der Waals surface area contributed by atoms with Gasteiger partial charge in [0.05, 0.1) is 0 Å². The van der Waals surface area contributed by atoms with Gasteiger partial charge in [-0.1, -0.05) is 0 Å². The van der Waals surface area contributed by atoms with Crippen molar-refractivity contribution in [2.24, 2.45) is 0 Å². The van der Waals surface area contributed by atoms with E-state index in [4.69, 9.17) is 0 Å². The predicted octanol–water partition coefficient (Wildman–Crippen LogP) is -11.1. The first-order valence-electron chi connectivity index (χ1n) is 8.86. The molecule has 0 aliphatic heterocycles. The Hall–Kier alpha value is 3.12. The van der Waals surface area contributed by atoms with Gasteiger partial charge < -0.3 is 82.9 Å². The topological polar surface area (TPSA) is 472 Å². The van der Waals surface area contributed by atoms with Crippen LogP contribution in [-0.2, 0) is 36.5 Å². The first-order valence-corrected chi connectivity index (χ1v) is 22.2. The van der Waals surface area contributed by atoms with Crippen molar-refractivity contribution in [3.05, 3.63) is 0 Å². The Labute approximate surface area is 277 Å². The van der Waals surface area contributed by atoms with Gasteiger partial charge in [-0.15, -0.1) is 0 Å². The fourth-order valence-electron chi connectivity index (χ4n) is 3.24. The molecule has 26 nitrogen and oxygen atoms in total. The van der Waals surface area contributed by atoms with E-state index in [-0.39, 0.29) is 59.1 Å². The van der Waals surface area contributed by atoms with E-state index in [9.17, 15) is 115 Å². The molecule has 0 aromatic heterocycles. The van der Waals surface area contributed by atoms with E-state index in [1.165, 1.54) is 0 Å². The van der Waals surface area contributed by atoms with Crippen molar-refractivity contribution in [2.75, 3.05) is 13.1 Å². The van der Waals surface area contributed by atoms with Crippen molar-refractivity contribution in [1.82, 2.24) is 9.80 Å². The summed E-state index contributed by atoms with van der Waals surface area (Å²) in [7, 11) is -53.2. The van der Waals surface area contributed by atoms with Crippen molar-refractivity contribution in [1.29, 1.82) is 0 Å². The Morgan fingerprint density at radius 2 is 0.524 bits per heavy atom. The summed E-state index contributed by atoms with van der Waals surface area (Å²) in [6, 6.07) is 0. The first kappa shape index (κ1) is 49.5. The molecular formula is C6H22N2Na2O24P8. The molecule has 36 heteroatoms. The molecule has 0 amide bonds. The van der Waals surface area contributed by atoms with Crippen LogP contribution in [0, 0.1) is 0 Å². The maximum Gasteiger partial charge on any atom is 1.00 e. The smallest absolute Gasteiger partial charge is 0.809 e. The second kappa shape index (κ2) is 16.2. The van der Waals surface area contributed by atoms with E-state index in [1.54, 1.807) is 0 Å². The van der Waals surface area contributed by atoms with Crippen LogP contribution in [0.5, 0.6) is 0 Å². The summed E-state index contributed by atoms with van der Waals surface area (Å²) in [5.41, 5.74) is -16.3. The number of rotatable bonds is 15. The quantitative estimate of drug-likeness (QED) is 0.0540. The Bertz CT molecular complexity index is 1020. The third-order valence-corrected chi connectivity index (χ3v) is 18.5. The van der Waals surface area contributed by atoms with Crippen LogP contribution < -0.4 is 68.9 Å². The summed E-state index contributed by atoms with van der Waals surface area (Å²) in [5, 5.41) is 0. The first-order chi connectivity index (χ1) is 17.0. The molecule has 0 saturated heterocycles. The molecule has 0 rings (SSSR count). The predicted molar refractivity (Wildman–Crippen MR) is 120 cm³/mol. The van der Waals surface area contributed by atoms with E-state index in [2.05, 4.69) is 0 Å². The molecule has 0 aromatic carbocycles.